The third kappa shape index (κ3) is 8.78. The number of hydrogen-bond acceptors (Lipinski definition) is 6. The lowest BCUT2D eigenvalue weighted by Crippen LogP contribution is -2.40. The normalized spacial score (nSPS) is 18.2. The average molecular weight is 463 g/mol. The van der Waals surface area contributed by atoms with Crippen LogP contribution in [0.4, 0.5) is 0 Å². The summed E-state index contributed by atoms with van der Waals surface area (Å²) in [5.41, 5.74) is 0. The highest BCUT2D eigenvalue weighted by atomic mass is 32.2. The molecule has 1 aliphatic rings. The number of hydrogen-bond donors (Lipinski definition) is 0. The number of carbonyl (C=O) groups is 1. The zero-order chi connectivity index (χ0) is 23.1. The molecule has 0 radical (unpaired) electrons. The SMILES string of the molecule is CCCCCCCCCC[C@](/C=N/N1CCC[C@H]1COC)(Sc1ccccc1)C(=O)OC. The molecule has 0 saturated carbocycles. The molecule has 0 unspecified atom stereocenters. The lowest BCUT2D eigenvalue weighted by Gasteiger charge is -2.28. The van der Waals surface area contributed by atoms with E-state index in [-0.39, 0.29) is 12.0 Å². The summed E-state index contributed by atoms with van der Waals surface area (Å²) in [5, 5.41) is 6.90. The van der Waals surface area contributed by atoms with Gasteiger partial charge < -0.3 is 9.47 Å². The molecule has 1 heterocycles. The Kier molecular flexibility index (Phi) is 12.8. The second-order valence-corrected chi connectivity index (χ2v) is 10.1. The Morgan fingerprint density at radius 3 is 2.47 bits per heavy atom. The van der Waals surface area contributed by atoms with Crippen molar-refractivity contribution in [2.45, 2.75) is 93.2 Å². The Hall–Kier alpha value is -1.53. The number of nitrogens with zero attached hydrogens (tertiary/aromatic N) is 2. The molecule has 2 rings (SSSR count). The third-order valence-electron chi connectivity index (χ3n) is 6.10. The molecule has 2 atom stereocenters. The Bertz CT molecular complexity index is 670. The first-order valence-corrected chi connectivity index (χ1v) is 13.1. The Balaban J connectivity index is 2.09. The van der Waals surface area contributed by atoms with E-state index in [9.17, 15) is 4.79 Å². The molecule has 6 heteroatoms. The van der Waals surface area contributed by atoms with E-state index in [0.29, 0.717) is 6.61 Å². The topological polar surface area (TPSA) is 51.1 Å². The van der Waals surface area contributed by atoms with E-state index < -0.39 is 4.75 Å². The van der Waals surface area contributed by atoms with Gasteiger partial charge in [-0.25, -0.2) is 0 Å². The van der Waals surface area contributed by atoms with E-state index >= 15 is 0 Å². The van der Waals surface area contributed by atoms with Crippen LogP contribution in [-0.4, -0.2) is 55.4 Å². The van der Waals surface area contributed by atoms with Crippen molar-refractivity contribution in [3.63, 3.8) is 0 Å². The fourth-order valence-electron chi connectivity index (χ4n) is 4.23. The first-order chi connectivity index (χ1) is 15.6. The summed E-state index contributed by atoms with van der Waals surface area (Å²) < 4.78 is 9.85. The lowest BCUT2D eigenvalue weighted by atomic mass is 10.00. The van der Waals surface area contributed by atoms with Gasteiger partial charge in [0.2, 0.25) is 0 Å². The van der Waals surface area contributed by atoms with Crippen molar-refractivity contribution in [2.75, 3.05) is 27.4 Å². The van der Waals surface area contributed by atoms with Crippen molar-refractivity contribution >= 4 is 23.9 Å². The van der Waals surface area contributed by atoms with Gasteiger partial charge in [0, 0.05) is 18.6 Å². The van der Waals surface area contributed by atoms with Crippen molar-refractivity contribution in [3.05, 3.63) is 30.3 Å². The first-order valence-electron chi connectivity index (χ1n) is 12.3. The molecule has 0 bridgehead atoms. The molecule has 32 heavy (non-hydrogen) atoms. The summed E-state index contributed by atoms with van der Waals surface area (Å²) in [7, 11) is 3.21. The zero-order valence-electron chi connectivity index (χ0n) is 20.3. The number of hydrazone groups is 1. The molecule has 180 valence electrons. The number of thioether (sulfide) groups is 1. The molecule has 0 N–H and O–H groups in total. The number of methoxy groups -OCH3 is 2. The van der Waals surface area contributed by atoms with Crippen molar-refractivity contribution in [1.82, 2.24) is 5.01 Å². The van der Waals surface area contributed by atoms with Crippen molar-refractivity contribution in [2.24, 2.45) is 5.10 Å². The van der Waals surface area contributed by atoms with Crippen LogP contribution in [-0.2, 0) is 14.3 Å². The quantitative estimate of drug-likeness (QED) is 0.125. The van der Waals surface area contributed by atoms with Crippen LogP contribution in [0.5, 0.6) is 0 Å². The Labute approximate surface area is 199 Å². The van der Waals surface area contributed by atoms with Crippen LogP contribution < -0.4 is 0 Å². The van der Waals surface area contributed by atoms with Crippen molar-refractivity contribution < 1.29 is 14.3 Å². The predicted octanol–water partition coefficient (Wildman–Crippen LogP) is 6.32. The second kappa shape index (κ2) is 15.3. The third-order valence-corrected chi connectivity index (χ3v) is 7.44. The highest BCUT2D eigenvalue weighted by Crippen LogP contribution is 2.37. The van der Waals surface area contributed by atoms with Crippen molar-refractivity contribution in [1.29, 1.82) is 0 Å². The van der Waals surface area contributed by atoms with Gasteiger partial charge in [0.15, 0.2) is 4.75 Å². The molecule has 0 spiro atoms. The van der Waals surface area contributed by atoms with Gasteiger partial charge in [-0.3, -0.25) is 9.80 Å². The van der Waals surface area contributed by atoms with Crippen LogP contribution in [0.1, 0.15) is 77.6 Å². The molecule has 0 amide bonds. The minimum absolute atomic E-state index is 0.222. The van der Waals surface area contributed by atoms with Gasteiger partial charge in [-0.2, -0.15) is 5.10 Å². The standard InChI is InChI=1S/C26H42N2O3S/c1-4-5-6-7-8-9-10-14-19-26(25(29)31-3,32-24-17-12-11-13-18-24)22-27-28-20-15-16-23(28)21-30-2/h11-13,17-18,22-23H,4-10,14-16,19-21H2,1-3H3/b27-22+/t23-,26+/m0/s1. The summed E-state index contributed by atoms with van der Waals surface area (Å²) in [5.74, 6) is -0.222. The molecule has 5 nitrogen and oxygen atoms in total. The number of carbonyl (C=O) groups excluding carboxylic acids is 1. The van der Waals surface area contributed by atoms with Crippen LogP contribution in [0.2, 0.25) is 0 Å². The number of esters is 1. The largest absolute Gasteiger partial charge is 0.468 e. The van der Waals surface area contributed by atoms with Crippen molar-refractivity contribution in [3.8, 4) is 0 Å². The number of rotatable bonds is 16. The van der Waals surface area contributed by atoms with Crippen LogP contribution in [0.25, 0.3) is 0 Å². The minimum atomic E-state index is -0.821. The summed E-state index contributed by atoms with van der Waals surface area (Å²) in [6.45, 7) is 3.81. The molecule has 1 aliphatic heterocycles. The highest BCUT2D eigenvalue weighted by Gasteiger charge is 2.40. The lowest BCUT2D eigenvalue weighted by molar-refractivity contribution is -0.141. The molecule has 1 aromatic rings. The van der Waals surface area contributed by atoms with Crippen LogP contribution in [0.15, 0.2) is 40.3 Å². The number of unbranched alkanes of at least 4 members (excludes halogenated alkanes) is 7. The van der Waals surface area contributed by atoms with E-state index in [2.05, 4.69) is 11.9 Å². The Morgan fingerprint density at radius 2 is 1.81 bits per heavy atom. The van der Waals surface area contributed by atoms with Crippen LogP contribution in [0, 0.1) is 0 Å². The van der Waals surface area contributed by atoms with Gasteiger partial charge in [-0.05, 0) is 31.4 Å². The average Bonchev–Trinajstić information content (AvgIpc) is 3.26. The van der Waals surface area contributed by atoms with Crippen LogP contribution in [0.3, 0.4) is 0 Å². The molecule has 0 aromatic heterocycles. The molecule has 1 aromatic carbocycles. The summed E-state index contributed by atoms with van der Waals surface area (Å²) in [6.07, 6.45) is 14.6. The van der Waals surface area contributed by atoms with Gasteiger partial charge in [0.25, 0.3) is 0 Å². The molecular weight excluding hydrogens is 420 g/mol. The molecule has 0 aliphatic carbocycles. The number of ether oxygens (including phenoxy) is 2. The summed E-state index contributed by atoms with van der Waals surface area (Å²) in [4.78, 5) is 14.2. The van der Waals surface area contributed by atoms with Gasteiger partial charge in [0.1, 0.15) is 0 Å². The highest BCUT2D eigenvalue weighted by molar-refractivity contribution is 8.02. The fraction of sp³-hybridized carbons (Fsp3) is 0.692. The minimum Gasteiger partial charge on any atom is -0.468 e. The van der Waals surface area contributed by atoms with E-state index in [1.54, 1.807) is 18.9 Å². The van der Waals surface area contributed by atoms with Gasteiger partial charge in [-0.15, -0.1) is 11.8 Å². The van der Waals surface area contributed by atoms with E-state index in [4.69, 9.17) is 14.6 Å². The smallest absolute Gasteiger partial charge is 0.327 e. The maximum absolute atomic E-state index is 13.1. The first kappa shape index (κ1) is 26.7. The predicted molar refractivity (Wildman–Crippen MR) is 134 cm³/mol. The fourth-order valence-corrected chi connectivity index (χ4v) is 5.46. The van der Waals surface area contributed by atoms with E-state index in [1.807, 2.05) is 36.5 Å². The zero-order valence-corrected chi connectivity index (χ0v) is 21.1. The maximum atomic E-state index is 13.1. The van der Waals surface area contributed by atoms with Gasteiger partial charge >= 0.3 is 5.97 Å². The maximum Gasteiger partial charge on any atom is 0.327 e. The van der Waals surface area contributed by atoms with Crippen LogP contribution >= 0.6 is 11.8 Å². The molecule has 1 fully saturated rings. The Morgan fingerprint density at radius 1 is 1.12 bits per heavy atom. The molecule has 1 saturated heterocycles. The number of benzene rings is 1. The molecular formula is C26H42N2O3S. The second-order valence-electron chi connectivity index (χ2n) is 8.68. The summed E-state index contributed by atoms with van der Waals surface area (Å²) >= 11 is 1.56. The monoisotopic (exact) mass is 462 g/mol. The van der Waals surface area contributed by atoms with E-state index in [0.717, 1.165) is 43.5 Å². The van der Waals surface area contributed by atoms with Gasteiger partial charge in [-0.1, -0.05) is 76.5 Å². The van der Waals surface area contributed by atoms with Gasteiger partial charge in [0.05, 0.1) is 26.0 Å². The van der Waals surface area contributed by atoms with E-state index in [1.165, 1.54) is 45.6 Å². The summed E-state index contributed by atoms with van der Waals surface area (Å²) in [6, 6.07) is 10.4.